The first kappa shape index (κ1) is 62.1. The van der Waals surface area contributed by atoms with E-state index in [1.807, 2.05) is 0 Å². The van der Waals surface area contributed by atoms with Crippen molar-refractivity contribution in [2.24, 2.45) is 0 Å². The van der Waals surface area contributed by atoms with Gasteiger partial charge in [-0.2, -0.15) is 0 Å². The van der Waals surface area contributed by atoms with Crippen molar-refractivity contribution in [2.75, 3.05) is 13.2 Å². The molecule has 0 saturated carbocycles. The number of hydrogen-bond acceptors (Lipinski definition) is 6. The minimum Gasteiger partial charge on any atom is -0.462 e. The van der Waals surface area contributed by atoms with Gasteiger partial charge in [-0.05, 0) is 83.5 Å². The van der Waals surface area contributed by atoms with Crippen LogP contribution < -0.4 is 0 Å². The summed E-state index contributed by atoms with van der Waals surface area (Å²) < 4.78 is 16.8. The molecule has 0 bridgehead atoms. The van der Waals surface area contributed by atoms with Crippen molar-refractivity contribution >= 4 is 17.9 Å². The molecule has 0 radical (unpaired) electrons. The van der Waals surface area contributed by atoms with Crippen LogP contribution in [0, 0.1) is 0 Å². The highest BCUT2D eigenvalue weighted by Gasteiger charge is 2.19. The molecule has 0 fully saturated rings. The number of unbranched alkanes of at least 4 members (excludes halogenated alkanes) is 29. The predicted octanol–water partition coefficient (Wildman–Crippen LogP) is 18.4. The Morgan fingerprint density at radius 1 is 0.323 bits per heavy atom. The van der Waals surface area contributed by atoms with Crippen molar-refractivity contribution in [2.45, 2.75) is 284 Å². The molecule has 0 aromatic heterocycles. The Kier molecular flexibility index (Phi) is 51.3. The van der Waals surface area contributed by atoms with Crippen LogP contribution in [0.2, 0.25) is 0 Å². The lowest BCUT2D eigenvalue weighted by atomic mass is 10.1. The van der Waals surface area contributed by atoms with E-state index in [1.54, 1.807) is 0 Å². The fraction of sp³-hybridized carbons (Fsp3) is 0.780. The zero-order valence-corrected chi connectivity index (χ0v) is 43.0. The molecule has 6 nitrogen and oxygen atoms in total. The van der Waals surface area contributed by atoms with Gasteiger partial charge in [0, 0.05) is 19.3 Å². The molecule has 1 atom stereocenters. The lowest BCUT2D eigenvalue weighted by molar-refractivity contribution is -0.167. The summed E-state index contributed by atoms with van der Waals surface area (Å²) in [5.74, 6) is -0.904. The van der Waals surface area contributed by atoms with Gasteiger partial charge in [0.05, 0.1) is 0 Å². The van der Waals surface area contributed by atoms with Gasteiger partial charge < -0.3 is 14.2 Å². The molecular formula is C59H104O6. The molecule has 0 aromatic carbocycles. The molecule has 0 aliphatic heterocycles. The first-order valence-corrected chi connectivity index (χ1v) is 27.8. The zero-order valence-electron chi connectivity index (χ0n) is 43.0. The highest BCUT2D eigenvalue weighted by molar-refractivity contribution is 5.71. The Balaban J connectivity index is 4.30. The third-order valence-electron chi connectivity index (χ3n) is 12.0. The molecule has 0 amide bonds. The molecule has 0 N–H and O–H groups in total. The van der Waals surface area contributed by atoms with Crippen molar-refractivity contribution in [3.63, 3.8) is 0 Å². The largest absolute Gasteiger partial charge is 0.462 e. The van der Waals surface area contributed by atoms with Gasteiger partial charge in [0.25, 0.3) is 0 Å². The van der Waals surface area contributed by atoms with Crippen molar-refractivity contribution in [1.82, 2.24) is 0 Å². The van der Waals surface area contributed by atoms with E-state index in [4.69, 9.17) is 14.2 Å². The molecule has 0 aliphatic rings. The van der Waals surface area contributed by atoms with Gasteiger partial charge >= 0.3 is 17.9 Å². The Bertz CT molecular complexity index is 1180. The first-order valence-electron chi connectivity index (χ1n) is 27.8. The number of hydrogen-bond donors (Lipinski definition) is 0. The Morgan fingerprint density at radius 2 is 0.600 bits per heavy atom. The van der Waals surface area contributed by atoms with E-state index >= 15 is 0 Å². The highest BCUT2D eigenvalue weighted by atomic mass is 16.6. The third kappa shape index (κ3) is 51.9. The van der Waals surface area contributed by atoms with Gasteiger partial charge in [-0.3, -0.25) is 14.4 Å². The molecule has 0 rings (SSSR count). The van der Waals surface area contributed by atoms with E-state index in [2.05, 4.69) is 81.5 Å². The second-order valence-electron chi connectivity index (χ2n) is 18.5. The van der Waals surface area contributed by atoms with Gasteiger partial charge in [0.2, 0.25) is 0 Å². The van der Waals surface area contributed by atoms with E-state index < -0.39 is 6.10 Å². The average Bonchev–Trinajstić information content (AvgIpc) is 3.30. The second-order valence-corrected chi connectivity index (χ2v) is 18.5. The van der Waals surface area contributed by atoms with Gasteiger partial charge in [-0.15, -0.1) is 0 Å². The first-order chi connectivity index (χ1) is 32.0. The van der Waals surface area contributed by atoms with Crippen molar-refractivity contribution in [3.05, 3.63) is 60.8 Å². The minimum atomic E-state index is -0.785. The van der Waals surface area contributed by atoms with Crippen LogP contribution >= 0.6 is 0 Å². The maximum absolute atomic E-state index is 12.8. The minimum absolute atomic E-state index is 0.0831. The van der Waals surface area contributed by atoms with Crippen LogP contribution in [0.15, 0.2) is 60.8 Å². The summed E-state index contributed by atoms with van der Waals surface area (Å²) in [7, 11) is 0. The van der Waals surface area contributed by atoms with Gasteiger partial charge in [-0.25, -0.2) is 0 Å². The molecule has 65 heavy (non-hydrogen) atoms. The summed E-state index contributed by atoms with van der Waals surface area (Å²) in [5, 5.41) is 0. The van der Waals surface area contributed by atoms with Crippen LogP contribution in [0.3, 0.4) is 0 Å². The standard InChI is InChI=1S/C59H104O6/c1-4-7-10-13-16-19-21-23-25-27-28-29-30-32-33-35-37-40-43-46-49-52-58(61)64-55-56(54-63-57(60)51-48-45-42-39-18-15-12-9-6-3)65-59(62)53-50-47-44-41-38-36-34-31-26-24-22-20-17-14-11-8-5-2/h8,11,17,20,24,26-28,34,36,56H,4-7,9-10,12-16,18-19,21-23,25,29-33,35,37-55H2,1-3H3/b11-8-,20-17-,26-24-,28-27-,36-34-. The topological polar surface area (TPSA) is 78.9 Å². The quantitative estimate of drug-likeness (QED) is 0.0262. The molecule has 0 saturated heterocycles. The average molecular weight is 909 g/mol. The number of carbonyl (C=O) groups is 3. The Morgan fingerprint density at radius 3 is 0.954 bits per heavy atom. The van der Waals surface area contributed by atoms with Crippen LogP contribution in [0.25, 0.3) is 0 Å². The summed E-state index contributed by atoms with van der Waals surface area (Å²) >= 11 is 0. The molecule has 0 aromatic rings. The second kappa shape index (κ2) is 53.7. The lowest BCUT2D eigenvalue weighted by Crippen LogP contribution is -2.30. The zero-order chi connectivity index (χ0) is 47.2. The highest BCUT2D eigenvalue weighted by Crippen LogP contribution is 2.15. The van der Waals surface area contributed by atoms with E-state index in [0.717, 1.165) is 96.3 Å². The molecule has 0 heterocycles. The predicted molar refractivity (Wildman–Crippen MR) is 279 cm³/mol. The van der Waals surface area contributed by atoms with Crippen molar-refractivity contribution in [3.8, 4) is 0 Å². The smallest absolute Gasteiger partial charge is 0.306 e. The molecule has 376 valence electrons. The molecule has 0 aliphatic carbocycles. The summed E-state index contributed by atoms with van der Waals surface area (Å²) in [6, 6.07) is 0. The molecule has 6 heteroatoms. The van der Waals surface area contributed by atoms with Crippen molar-refractivity contribution in [1.29, 1.82) is 0 Å². The van der Waals surface area contributed by atoms with E-state index in [0.29, 0.717) is 19.3 Å². The molecule has 0 spiro atoms. The normalized spacial score (nSPS) is 12.5. The maximum Gasteiger partial charge on any atom is 0.306 e. The fourth-order valence-electron chi connectivity index (χ4n) is 7.84. The summed E-state index contributed by atoms with van der Waals surface area (Å²) in [5.41, 5.74) is 0. The maximum atomic E-state index is 12.8. The van der Waals surface area contributed by atoms with E-state index in [-0.39, 0.29) is 31.1 Å². The fourth-order valence-corrected chi connectivity index (χ4v) is 7.84. The lowest BCUT2D eigenvalue weighted by Gasteiger charge is -2.18. The Hall–Kier alpha value is -2.89. The summed E-state index contributed by atoms with van der Waals surface area (Å²) in [6.07, 6.45) is 66.5. The van der Waals surface area contributed by atoms with Gasteiger partial charge in [-0.1, -0.05) is 236 Å². The third-order valence-corrected chi connectivity index (χ3v) is 12.0. The van der Waals surface area contributed by atoms with E-state index in [1.165, 1.54) is 141 Å². The number of esters is 3. The summed E-state index contributed by atoms with van der Waals surface area (Å²) in [4.78, 5) is 38.0. The van der Waals surface area contributed by atoms with E-state index in [9.17, 15) is 14.4 Å². The Labute approximate surface area is 402 Å². The van der Waals surface area contributed by atoms with Crippen molar-refractivity contribution < 1.29 is 28.6 Å². The number of carbonyl (C=O) groups excluding carboxylic acids is 3. The van der Waals surface area contributed by atoms with Crippen LogP contribution in [-0.2, 0) is 28.6 Å². The van der Waals surface area contributed by atoms with Crippen LogP contribution in [-0.4, -0.2) is 37.2 Å². The SMILES string of the molecule is CC/C=C\C/C=C\C/C=C\C/C=C\CCCCCCC(=O)OC(COC(=O)CCCCCCCCCCC)COC(=O)CCCCCCCCCCC/C=C\CCCCCCCCCC. The number of allylic oxidation sites excluding steroid dienone is 10. The summed E-state index contributed by atoms with van der Waals surface area (Å²) in [6.45, 7) is 6.50. The van der Waals surface area contributed by atoms with Crippen LogP contribution in [0.4, 0.5) is 0 Å². The molecule has 1 unspecified atom stereocenters. The number of ether oxygens (including phenoxy) is 3. The monoisotopic (exact) mass is 909 g/mol. The van der Waals surface area contributed by atoms with Crippen LogP contribution in [0.5, 0.6) is 0 Å². The van der Waals surface area contributed by atoms with Gasteiger partial charge in [0.1, 0.15) is 13.2 Å². The van der Waals surface area contributed by atoms with Gasteiger partial charge in [0.15, 0.2) is 6.10 Å². The number of rotatable bonds is 50. The van der Waals surface area contributed by atoms with Crippen LogP contribution in [0.1, 0.15) is 278 Å². The molecular weight excluding hydrogens is 805 g/mol.